The Labute approximate surface area is 163 Å². The zero-order chi connectivity index (χ0) is 19.7. The fourth-order valence-electron chi connectivity index (χ4n) is 3.73. The first-order valence-electron chi connectivity index (χ1n) is 9.44. The lowest BCUT2D eigenvalue weighted by Gasteiger charge is -2.18. The highest BCUT2D eigenvalue weighted by atomic mass is 16.4. The van der Waals surface area contributed by atoms with Crippen LogP contribution in [0.4, 0.5) is 0 Å². The molecule has 3 aromatic rings. The maximum absolute atomic E-state index is 12.3. The van der Waals surface area contributed by atoms with Crippen LogP contribution in [0.25, 0.3) is 10.9 Å². The first kappa shape index (κ1) is 18.3. The average molecular weight is 380 g/mol. The van der Waals surface area contributed by atoms with E-state index in [1.807, 2.05) is 43.4 Å². The van der Waals surface area contributed by atoms with Gasteiger partial charge in [-0.3, -0.25) is 9.59 Å². The number of aromatic amines is 1. The number of nitrogens with one attached hydrogen (secondary N) is 3. The smallest absolute Gasteiger partial charge is 0.287 e. The van der Waals surface area contributed by atoms with Crippen LogP contribution in [0.3, 0.4) is 0 Å². The van der Waals surface area contributed by atoms with E-state index < -0.39 is 0 Å². The number of rotatable bonds is 6. The third-order valence-corrected chi connectivity index (χ3v) is 4.98. The van der Waals surface area contributed by atoms with Crippen molar-refractivity contribution in [1.29, 1.82) is 0 Å². The molecule has 146 valence electrons. The summed E-state index contributed by atoms with van der Waals surface area (Å²) in [6, 6.07) is 7.34. The molecule has 0 fully saturated rings. The summed E-state index contributed by atoms with van der Waals surface area (Å²) in [6.45, 7) is 1.80. The first-order chi connectivity index (χ1) is 13.5. The molecule has 0 unspecified atom stereocenters. The van der Waals surface area contributed by atoms with Crippen molar-refractivity contribution in [2.45, 2.75) is 19.4 Å². The lowest BCUT2D eigenvalue weighted by Crippen LogP contribution is -2.32. The van der Waals surface area contributed by atoms with Crippen LogP contribution in [-0.2, 0) is 19.4 Å². The average Bonchev–Trinajstić information content (AvgIpc) is 3.29. The fourth-order valence-corrected chi connectivity index (χ4v) is 3.73. The van der Waals surface area contributed by atoms with Gasteiger partial charge in [0.25, 0.3) is 11.8 Å². The van der Waals surface area contributed by atoms with E-state index in [-0.39, 0.29) is 11.8 Å². The molecule has 7 heteroatoms. The lowest BCUT2D eigenvalue weighted by atomic mass is 9.94. The van der Waals surface area contributed by atoms with Crippen LogP contribution in [0, 0.1) is 0 Å². The monoisotopic (exact) mass is 380 g/mol. The third-order valence-electron chi connectivity index (χ3n) is 4.98. The summed E-state index contributed by atoms with van der Waals surface area (Å²) in [6.07, 6.45) is 3.46. The quantitative estimate of drug-likeness (QED) is 0.611. The Hall–Kier alpha value is -3.06. The minimum absolute atomic E-state index is 0.0186. The van der Waals surface area contributed by atoms with Crippen molar-refractivity contribution >= 4 is 22.7 Å². The molecule has 2 amide bonds. The normalized spacial score (nSPS) is 13.6. The van der Waals surface area contributed by atoms with Crippen molar-refractivity contribution in [3.63, 3.8) is 0 Å². The van der Waals surface area contributed by atoms with Crippen LogP contribution in [0.2, 0.25) is 0 Å². The number of amides is 2. The van der Waals surface area contributed by atoms with Gasteiger partial charge in [0, 0.05) is 35.8 Å². The van der Waals surface area contributed by atoms with Gasteiger partial charge < -0.3 is 24.9 Å². The molecule has 0 atom stereocenters. The summed E-state index contributed by atoms with van der Waals surface area (Å²) < 4.78 is 5.60. The molecular weight excluding hydrogens is 356 g/mol. The molecular formula is C21H24N4O3. The Kier molecular flexibility index (Phi) is 4.92. The van der Waals surface area contributed by atoms with Gasteiger partial charge in [0.2, 0.25) is 0 Å². The highest BCUT2D eigenvalue weighted by molar-refractivity contribution is 6.03. The number of hydrogen-bond donors (Lipinski definition) is 3. The van der Waals surface area contributed by atoms with E-state index >= 15 is 0 Å². The van der Waals surface area contributed by atoms with E-state index in [4.69, 9.17) is 4.42 Å². The van der Waals surface area contributed by atoms with Crippen LogP contribution in [0.15, 0.2) is 34.9 Å². The van der Waals surface area contributed by atoms with Crippen molar-refractivity contribution in [3.05, 3.63) is 58.7 Å². The van der Waals surface area contributed by atoms with Crippen molar-refractivity contribution in [2.75, 3.05) is 27.2 Å². The van der Waals surface area contributed by atoms with Crippen LogP contribution >= 0.6 is 0 Å². The Balaban J connectivity index is 1.45. The summed E-state index contributed by atoms with van der Waals surface area (Å²) in [5.74, 6) is 0.850. The molecule has 0 aliphatic carbocycles. The number of furan rings is 1. The van der Waals surface area contributed by atoms with E-state index in [2.05, 4.69) is 15.6 Å². The molecule has 0 spiro atoms. The number of fused-ring (bicyclic) bond motifs is 3. The summed E-state index contributed by atoms with van der Waals surface area (Å²) in [7, 11) is 3.90. The Morgan fingerprint density at radius 1 is 1.25 bits per heavy atom. The van der Waals surface area contributed by atoms with Crippen LogP contribution in [0.1, 0.15) is 37.8 Å². The van der Waals surface area contributed by atoms with Gasteiger partial charge in [-0.1, -0.05) is 0 Å². The van der Waals surface area contributed by atoms with E-state index in [1.54, 1.807) is 6.07 Å². The number of carbonyl (C=O) groups excluding carboxylic acids is 2. The second kappa shape index (κ2) is 7.52. The van der Waals surface area contributed by atoms with Crippen molar-refractivity contribution < 1.29 is 14.0 Å². The topological polar surface area (TPSA) is 90.4 Å². The first-order valence-corrected chi connectivity index (χ1v) is 9.44. The SMILES string of the molecule is CN(C)Cc1ccc(C(=O)NCCc2c[nH]c3ccc4c(c23)CCNC4=O)o1. The molecule has 1 aromatic carbocycles. The number of carbonyl (C=O) groups is 2. The predicted molar refractivity (Wildman–Crippen MR) is 106 cm³/mol. The highest BCUT2D eigenvalue weighted by Crippen LogP contribution is 2.28. The molecule has 3 heterocycles. The number of hydrogen-bond acceptors (Lipinski definition) is 4. The molecule has 0 saturated heterocycles. The number of benzene rings is 1. The van der Waals surface area contributed by atoms with Gasteiger partial charge in [-0.15, -0.1) is 0 Å². The van der Waals surface area contributed by atoms with Gasteiger partial charge in [-0.2, -0.15) is 0 Å². The summed E-state index contributed by atoms with van der Waals surface area (Å²) in [4.78, 5) is 29.7. The molecule has 0 bridgehead atoms. The minimum Gasteiger partial charge on any atom is -0.455 e. The second-order valence-electron chi connectivity index (χ2n) is 7.34. The molecule has 0 saturated carbocycles. The molecule has 0 radical (unpaired) electrons. The molecule has 1 aliphatic rings. The Morgan fingerprint density at radius 2 is 2.11 bits per heavy atom. The molecule has 1 aliphatic heterocycles. The van der Waals surface area contributed by atoms with E-state index in [0.717, 1.165) is 39.8 Å². The van der Waals surface area contributed by atoms with Gasteiger partial charge in [0.15, 0.2) is 5.76 Å². The summed E-state index contributed by atoms with van der Waals surface area (Å²) in [5, 5.41) is 6.91. The van der Waals surface area contributed by atoms with Gasteiger partial charge in [-0.05, 0) is 62.3 Å². The van der Waals surface area contributed by atoms with Crippen LogP contribution < -0.4 is 10.6 Å². The standard InChI is InChI=1S/C21H24N4O3/c1-25(2)12-14-3-6-18(28-14)21(27)23-9-7-13-11-24-17-5-4-16-15(19(13)17)8-10-22-20(16)26/h3-6,11,24H,7-10,12H2,1-2H3,(H,22,26)(H,23,27). The summed E-state index contributed by atoms with van der Waals surface area (Å²) >= 11 is 0. The Morgan fingerprint density at radius 3 is 2.93 bits per heavy atom. The molecule has 4 rings (SSSR count). The zero-order valence-corrected chi connectivity index (χ0v) is 16.1. The van der Waals surface area contributed by atoms with Crippen molar-refractivity contribution in [1.82, 2.24) is 20.5 Å². The van der Waals surface area contributed by atoms with E-state index in [0.29, 0.717) is 31.8 Å². The molecule has 2 aromatic heterocycles. The van der Waals surface area contributed by atoms with Gasteiger partial charge in [0.1, 0.15) is 5.76 Å². The maximum atomic E-state index is 12.3. The largest absolute Gasteiger partial charge is 0.455 e. The lowest BCUT2D eigenvalue weighted by molar-refractivity contribution is 0.0921. The number of aromatic nitrogens is 1. The van der Waals surface area contributed by atoms with Crippen LogP contribution in [-0.4, -0.2) is 48.9 Å². The number of nitrogens with zero attached hydrogens (tertiary/aromatic N) is 1. The van der Waals surface area contributed by atoms with Crippen molar-refractivity contribution in [2.24, 2.45) is 0 Å². The second-order valence-corrected chi connectivity index (χ2v) is 7.34. The maximum Gasteiger partial charge on any atom is 0.287 e. The van der Waals surface area contributed by atoms with E-state index in [1.165, 1.54) is 0 Å². The predicted octanol–water partition coefficient (Wildman–Crippen LogP) is 2.08. The minimum atomic E-state index is -0.216. The molecule has 28 heavy (non-hydrogen) atoms. The summed E-state index contributed by atoms with van der Waals surface area (Å²) in [5.41, 5.74) is 3.96. The van der Waals surface area contributed by atoms with Gasteiger partial charge in [-0.25, -0.2) is 0 Å². The highest BCUT2D eigenvalue weighted by Gasteiger charge is 2.21. The van der Waals surface area contributed by atoms with Crippen molar-refractivity contribution in [3.8, 4) is 0 Å². The van der Waals surface area contributed by atoms with Gasteiger partial charge in [0.05, 0.1) is 6.54 Å². The molecule has 7 nitrogen and oxygen atoms in total. The molecule has 3 N–H and O–H groups in total. The van der Waals surface area contributed by atoms with Gasteiger partial charge >= 0.3 is 0 Å². The number of H-pyrrole nitrogens is 1. The van der Waals surface area contributed by atoms with Crippen LogP contribution in [0.5, 0.6) is 0 Å². The Bertz CT molecular complexity index is 1030. The van der Waals surface area contributed by atoms with E-state index in [9.17, 15) is 9.59 Å². The zero-order valence-electron chi connectivity index (χ0n) is 16.1. The fraction of sp³-hybridized carbons (Fsp3) is 0.333. The third kappa shape index (κ3) is 3.53.